The zero-order valence-corrected chi connectivity index (χ0v) is 12.5. The molecule has 5 nitrogen and oxygen atoms in total. The molecule has 0 saturated carbocycles. The van der Waals surface area contributed by atoms with E-state index in [0.717, 1.165) is 18.5 Å². The van der Waals surface area contributed by atoms with E-state index in [9.17, 15) is 4.79 Å². The molecule has 0 unspecified atom stereocenters. The largest absolute Gasteiger partial charge is 0.495 e. The Morgan fingerprint density at radius 2 is 2.15 bits per heavy atom. The zero-order valence-electron chi connectivity index (χ0n) is 12.5. The molecule has 0 heterocycles. The summed E-state index contributed by atoms with van der Waals surface area (Å²) in [6.07, 6.45) is 0.945. The van der Waals surface area contributed by atoms with Crippen LogP contribution in [0.15, 0.2) is 18.2 Å². The van der Waals surface area contributed by atoms with Crippen molar-refractivity contribution in [2.24, 2.45) is 0 Å². The van der Waals surface area contributed by atoms with E-state index in [1.54, 1.807) is 7.11 Å². The highest BCUT2D eigenvalue weighted by Gasteiger charge is 2.12. The predicted octanol–water partition coefficient (Wildman–Crippen LogP) is 1.65. The minimum absolute atomic E-state index is 0.0566. The van der Waals surface area contributed by atoms with E-state index in [0.29, 0.717) is 18.0 Å². The van der Waals surface area contributed by atoms with Crippen molar-refractivity contribution in [1.82, 2.24) is 4.90 Å². The van der Waals surface area contributed by atoms with Gasteiger partial charge in [0.1, 0.15) is 5.75 Å². The lowest BCUT2D eigenvalue weighted by molar-refractivity contribution is -0.117. The van der Waals surface area contributed by atoms with Crippen LogP contribution in [0, 0.1) is 6.92 Å². The third kappa shape index (κ3) is 5.19. The first-order valence-corrected chi connectivity index (χ1v) is 6.88. The van der Waals surface area contributed by atoms with E-state index in [1.165, 1.54) is 0 Å². The molecule has 0 bridgehead atoms. The predicted molar refractivity (Wildman–Crippen MR) is 80.2 cm³/mol. The number of aryl methyl sites for hydroxylation is 1. The SMILES string of the molecule is CCCN(CCO)CC(=O)Nc1cc(C)ccc1OC. The van der Waals surface area contributed by atoms with Crippen molar-refractivity contribution in [3.63, 3.8) is 0 Å². The first kappa shape index (κ1) is 16.5. The summed E-state index contributed by atoms with van der Waals surface area (Å²) in [5.41, 5.74) is 1.74. The van der Waals surface area contributed by atoms with Crippen LogP contribution < -0.4 is 10.1 Å². The van der Waals surface area contributed by atoms with Crippen molar-refractivity contribution in [2.75, 3.05) is 38.7 Å². The Morgan fingerprint density at radius 1 is 1.40 bits per heavy atom. The van der Waals surface area contributed by atoms with Crippen LogP contribution in [0.2, 0.25) is 0 Å². The summed E-state index contributed by atoms with van der Waals surface area (Å²) >= 11 is 0. The van der Waals surface area contributed by atoms with Gasteiger partial charge in [0.05, 0.1) is 25.9 Å². The van der Waals surface area contributed by atoms with Crippen LogP contribution in [-0.4, -0.2) is 49.3 Å². The Morgan fingerprint density at radius 3 is 2.75 bits per heavy atom. The van der Waals surface area contributed by atoms with Crippen molar-refractivity contribution in [1.29, 1.82) is 0 Å². The normalized spacial score (nSPS) is 10.7. The molecule has 1 amide bonds. The number of anilines is 1. The molecule has 1 aromatic rings. The molecule has 1 rings (SSSR count). The monoisotopic (exact) mass is 280 g/mol. The van der Waals surface area contributed by atoms with Gasteiger partial charge in [0.2, 0.25) is 5.91 Å². The van der Waals surface area contributed by atoms with Crippen LogP contribution in [0.25, 0.3) is 0 Å². The van der Waals surface area contributed by atoms with Gasteiger partial charge in [-0.1, -0.05) is 13.0 Å². The minimum Gasteiger partial charge on any atom is -0.495 e. The second-order valence-electron chi connectivity index (χ2n) is 4.75. The topological polar surface area (TPSA) is 61.8 Å². The molecule has 0 aliphatic rings. The maximum atomic E-state index is 12.1. The highest BCUT2D eigenvalue weighted by atomic mass is 16.5. The van der Waals surface area contributed by atoms with Crippen LogP contribution >= 0.6 is 0 Å². The summed E-state index contributed by atoms with van der Waals surface area (Å²) in [6.45, 7) is 5.63. The van der Waals surface area contributed by atoms with E-state index in [1.807, 2.05) is 36.9 Å². The molecule has 0 fully saturated rings. The van der Waals surface area contributed by atoms with Gasteiger partial charge in [0.25, 0.3) is 0 Å². The summed E-state index contributed by atoms with van der Waals surface area (Å²) in [7, 11) is 1.58. The molecule has 5 heteroatoms. The van der Waals surface area contributed by atoms with Crippen molar-refractivity contribution in [3.05, 3.63) is 23.8 Å². The number of aliphatic hydroxyl groups excluding tert-OH is 1. The standard InChI is InChI=1S/C15H24N2O3/c1-4-7-17(8-9-18)11-15(19)16-13-10-12(2)5-6-14(13)20-3/h5-6,10,18H,4,7-9,11H2,1-3H3,(H,16,19). The van der Waals surface area contributed by atoms with E-state index in [2.05, 4.69) is 5.32 Å². The molecule has 2 N–H and O–H groups in total. The lowest BCUT2D eigenvalue weighted by atomic mass is 10.2. The molecule has 0 aliphatic carbocycles. The number of nitrogens with one attached hydrogen (secondary N) is 1. The van der Waals surface area contributed by atoms with E-state index < -0.39 is 0 Å². The molecule has 0 aromatic heterocycles. The number of hydrogen-bond acceptors (Lipinski definition) is 4. The number of aliphatic hydroxyl groups is 1. The summed E-state index contributed by atoms with van der Waals surface area (Å²) in [5, 5.41) is 11.9. The van der Waals surface area contributed by atoms with Gasteiger partial charge in [-0.05, 0) is 37.6 Å². The first-order chi connectivity index (χ1) is 9.60. The van der Waals surface area contributed by atoms with Crippen LogP contribution in [0.1, 0.15) is 18.9 Å². The summed E-state index contributed by atoms with van der Waals surface area (Å²) in [5.74, 6) is 0.545. The Labute approximate surface area is 120 Å². The summed E-state index contributed by atoms with van der Waals surface area (Å²) in [6, 6.07) is 5.65. The van der Waals surface area contributed by atoms with E-state index >= 15 is 0 Å². The number of benzene rings is 1. The molecule has 0 saturated heterocycles. The van der Waals surface area contributed by atoms with Gasteiger partial charge < -0.3 is 15.2 Å². The fraction of sp³-hybridized carbons (Fsp3) is 0.533. The molecular weight excluding hydrogens is 256 g/mol. The number of rotatable bonds is 8. The van der Waals surface area contributed by atoms with E-state index in [-0.39, 0.29) is 19.1 Å². The van der Waals surface area contributed by atoms with Gasteiger partial charge in [-0.2, -0.15) is 0 Å². The van der Waals surface area contributed by atoms with Gasteiger partial charge in [-0.3, -0.25) is 9.69 Å². The van der Waals surface area contributed by atoms with Crippen molar-refractivity contribution in [2.45, 2.75) is 20.3 Å². The fourth-order valence-electron chi connectivity index (χ4n) is 2.04. The molecule has 0 atom stereocenters. The number of carbonyl (C=O) groups excluding carboxylic acids is 1. The van der Waals surface area contributed by atoms with Gasteiger partial charge in [-0.15, -0.1) is 0 Å². The van der Waals surface area contributed by atoms with Crippen molar-refractivity contribution in [3.8, 4) is 5.75 Å². The third-order valence-corrected chi connectivity index (χ3v) is 2.95. The Balaban J connectivity index is 2.67. The van der Waals surface area contributed by atoms with Gasteiger partial charge in [0, 0.05) is 6.54 Å². The highest BCUT2D eigenvalue weighted by Crippen LogP contribution is 2.25. The fourth-order valence-corrected chi connectivity index (χ4v) is 2.04. The van der Waals surface area contributed by atoms with Crippen LogP contribution in [-0.2, 0) is 4.79 Å². The first-order valence-electron chi connectivity index (χ1n) is 6.88. The second kappa shape index (κ2) is 8.55. The molecule has 0 spiro atoms. The van der Waals surface area contributed by atoms with Crippen molar-refractivity contribution >= 4 is 11.6 Å². The smallest absolute Gasteiger partial charge is 0.238 e. The maximum Gasteiger partial charge on any atom is 0.238 e. The van der Waals surface area contributed by atoms with Crippen molar-refractivity contribution < 1.29 is 14.6 Å². The molecule has 20 heavy (non-hydrogen) atoms. The number of carbonyl (C=O) groups is 1. The lowest BCUT2D eigenvalue weighted by Gasteiger charge is -2.20. The number of nitrogens with zero attached hydrogens (tertiary/aromatic N) is 1. The van der Waals surface area contributed by atoms with Crippen LogP contribution in [0.4, 0.5) is 5.69 Å². The number of methoxy groups -OCH3 is 1. The zero-order chi connectivity index (χ0) is 15.0. The Hall–Kier alpha value is -1.59. The maximum absolute atomic E-state index is 12.1. The van der Waals surface area contributed by atoms with Gasteiger partial charge in [-0.25, -0.2) is 0 Å². The van der Waals surface area contributed by atoms with Gasteiger partial charge >= 0.3 is 0 Å². The molecule has 1 aromatic carbocycles. The van der Waals surface area contributed by atoms with Gasteiger partial charge in [0.15, 0.2) is 0 Å². The highest BCUT2D eigenvalue weighted by molar-refractivity contribution is 5.93. The second-order valence-corrected chi connectivity index (χ2v) is 4.75. The average Bonchev–Trinajstić information content (AvgIpc) is 2.39. The quantitative estimate of drug-likeness (QED) is 0.760. The summed E-state index contributed by atoms with van der Waals surface area (Å²) < 4.78 is 5.23. The van der Waals surface area contributed by atoms with Crippen LogP contribution in [0.3, 0.4) is 0 Å². The molecule has 0 radical (unpaired) electrons. The minimum atomic E-state index is -0.101. The summed E-state index contributed by atoms with van der Waals surface area (Å²) in [4.78, 5) is 14.0. The number of hydrogen-bond donors (Lipinski definition) is 2. The van der Waals surface area contributed by atoms with Crippen LogP contribution in [0.5, 0.6) is 5.75 Å². The molecule has 0 aliphatic heterocycles. The number of amides is 1. The molecule has 112 valence electrons. The number of ether oxygens (including phenoxy) is 1. The van der Waals surface area contributed by atoms with E-state index in [4.69, 9.17) is 9.84 Å². The Bertz CT molecular complexity index is 429. The Kier molecular flexibility index (Phi) is 7.04. The third-order valence-electron chi connectivity index (χ3n) is 2.95. The average molecular weight is 280 g/mol. The lowest BCUT2D eigenvalue weighted by Crippen LogP contribution is -2.35. The molecular formula is C15H24N2O3.